The number of nitrogens with zero attached hydrogens (tertiary/aromatic N) is 7. The van der Waals surface area contributed by atoms with Crippen LogP contribution in [0.1, 0.15) is 49.9 Å². The van der Waals surface area contributed by atoms with Crippen LogP contribution in [-0.2, 0) is 10.8 Å². The van der Waals surface area contributed by atoms with E-state index in [9.17, 15) is 0 Å². The molecule has 11 aromatic carbocycles. The summed E-state index contributed by atoms with van der Waals surface area (Å²) < 4.78 is 13.4. The van der Waals surface area contributed by atoms with Crippen LogP contribution in [0.25, 0.3) is 157 Å². The molecule has 0 N–H and O–H groups in total. The highest BCUT2D eigenvalue weighted by atomic mass is 16.3. The third kappa shape index (κ3) is 9.11. The molecule has 5 aromatic heterocycles. The molecule has 0 aliphatic heterocycles. The molecule has 92 heavy (non-hydrogen) atoms. The Morgan fingerprint density at radius 2 is 0.620 bits per heavy atom. The molecule has 0 amide bonds. The molecule has 0 unspecified atom stereocenters. The highest BCUT2D eigenvalue weighted by Crippen LogP contribution is 2.54. The van der Waals surface area contributed by atoms with Gasteiger partial charge in [0.25, 0.3) is 0 Å². The first-order valence-corrected chi connectivity index (χ1v) is 31.1. The Bertz CT molecular complexity index is 5450. The van der Waals surface area contributed by atoms with Crippen molar-refractivity contribution in [3.63, 3.8) is 0 Å². The van der Waals surface area contributed by atoms with Gasteiger partial charge in [-0.25, -0.2) is 29.9 Å². The molecular weight excluding hydrogens is 1130 g/mol. The van der Waals surface area contributed by atoms with Crippen LogP contribution in [0, 0.1) is 0 Å². The first-order chi connectivity index (χ1) is 45.1. The van der Waals surface area contributed by atoms with Gasteiger partial charge in [-0.15, -0.1) is 0 Å². The zero-order valence-electron chi connectivity index (χ0n) is 50.9. The van der Waals surface area contributed by atoms with E-state index in [0.717, 1.165) is 93.9 Å². The lowest BCUT2D eigenvalue weighted by molar-refractivity contribution is 0.619. The summed E-state index contributed by atoms with van der Waals surface area (Å²) in [6, 6.07) is 92.0. The smallest absolute Gasteiger partial charge is 0.182 e. The van der Waals surface area contributed by atoms with Gasteiger partial charge in [-0.1, -0.05) is 240 Å². The van der Waals surface area contributed by atoms with Crippen LogP contribution < -0.4 is 0 Å². The molecule has 9 heteroatoms. The van der Waals surface area contributed by atoms with E-state index in [1.807, 2.05) is 109 Å². The van der Waals surface area contributed by atoms with E-state index < -0.39 is 0 Å². The van der Waals surface area contributed by atoms with E-state index >= 15 is 0 Å². The van der Waals surface area contributed by atoms with Gasteiger partial charge in [-0.2, -0.15) is 0 Å². The fraction of sp³-hybridized carbons (Fsp3) is 0.0723. The van der Waals surface area contributed by atoms with Crippen LogP contribution >= 0.6 is 0 Å². The predicted molar refractivity (Wildman–Crippen MR) is 371 cm³/mol. The molecule has 5 heterocycles. The molecule has 18 rings (SSSR count). The van der Waals surface area contributed by atoms with Gasteiger partial charge >= 0.3 is 0 Å². The van der Waals surface area contributed by atoms with Crippen molar-refractivity contribution in [1.82, 2.24) is 34.9 Å². The average molecular weight is 1180 g/mol. The minimum Gasteiger partial charge on any atom is -0.456 e. The maximum atomic E-state index is 6.74. The zero-order chi connectivity index (χ0) is 61.7. The van der Waals surface area contributed by atoms with Gasteiger partial charge < -0.3 is 8.83 Å². The minimum absolute atomic E-state index is 0.135. The van der Waals surface area contributed by atoms with Gasteiger partial charge in [0.05, 0.1) is 0 Å². The molecule has 0 spiro atoms. The lowest BCUT2D eigenvalue weighted by atomic mass is 9.82. The maximum Gasteiger partial charge on any atom is 0.182 e. The Balaban J connectivity index is 0.000000141. The first kappa shape index (κ1) is 54.4. The predicted octanol–water partition coefficient (Wildman–Crippen LogP) is 20.9. The second-order valence-electron chi connectivity index (χ2n) is 24.8. The Kier molecular flexibility index (Phi) is 12.7. The SMILES string of the molecule is CC1(C)c2ccccc2-c2ccc3c(oc4cc(-c5ccc(-c6nc(-c7ccccc7)nc(-c7ccccn7)n6)cc5)ccc43)c21.CC1(C)c2ccccc2-c2ccc3c(oc4cc(-c5cccc(-c6nc(-c7ccccc7)nc(-c7ccccc7)n6)c5)ccc43)c21. The molecule has 0 radical (unpaired) electrons. The summed E-state index contributed by atoms with van der Waals surface area (Å²) in [5.41, 5.74) is 23.5. The quantitative estimate of drug-likeness (QED) is 0.147. The molecule has 9 nitrogen and oxygen atoms in total. The van der Waals surface area contributed by atoms with E-state index in [1.54, 1.807) is 6.20 Å². The van der Waals surface area contributed by atoms with Crippen LogP contribution in [-0.4, -0.2) is 34.9 Å². The maximum absolute atomic E-state index is 6.74. The van der Waals surface area contributed by atoms with Gasteiger partial charge in [-0.3, -0.25) is 4.98 Å². The van der Waals surface area contributed by atoms with Crippen molar-refractivity contribution >= 4 is 43.9 Å². The fourth-order valence-corrected chi connectivity index (χ4v) is 13.9. The number of benzene rings is 11. The van der Waals surface area contributed by atoms with E-state index in [2.05, 4.69) is 190 Å². The third-order valence-corrected chi connectivity index (χ3v) is 18.5. The number of furan rings is 2. The van der Waals surface area contributed by atoms with Crippen molar-refractivity contribution in [1.29, 1.82) is 0 Å². The minimum atomic E-state index is -0.141. The van der Waals surface area contributed by atoms with Gasteiger partial charge in [0, 0.05) is 77.5 Å². The van der Waals surface area contributed by atoms with Crippen molar-refractivity contribution in [2.75, 3.05) is 0 Å². The second-order valence-corrected chi connectivity index (χ2v) is 24.8. The van der Waals surface area contributed by atoms with E-state index in [-0.39, 0.29) is 10.8 Å². The van der Waals surface area contributed by atoms with E-state index in [0.29, 0.717) is 40.6 Å². The number of fused-ring (bicyclic) bond motifs is 14. The largest absolute Gasteiger partial charge is 0.456 e. The Morgan fingerprint density at radius 3 is 1.10 bits per heavy atom. The number of hydrogen-bond acceptors (Lipinski definition) is 9. The monoisotopic (exact) mass is 1180 g/mol. The topological polar surface area (TPSA) is 117 Å². The van der Waals surface area contributed by atoms with Crippen molar-refractivity contribution in [3.05, 3.63) is 295 Å². The molecule has 0 saturated carbocycles. The third-order valence-electron chi connectivity index (χ3n) is 18.5. The summed E-state index contributed by atoms with van der Waals surface area (Å²) >= 11 is 0. The molecule has 2 aliphatic rings. The van der Waals surface area contributed by atoms with Gasteiger partial charge in [0.15, 0.2) is 34.9 Å². The summed E-state index contributed by atoms with van der Waals surface area (Å²) in [6.45, 7) is 9.20. The number of aromatic nitrogens is 7. The van der Waals surface area contributed by atoms with Crippen LogP contribution in [0.15, 0.2) is 282 Å². The molecule has 0 atom stereocenters. The standard InChI is InChI=1S/C42H29N3O.C41H28N4O/c1-42(2)35-19-10-9-18-31(35)33-22-23-34-32-21-20-29(25-36(32)46-38(34)37(33)42)28-16-11-17-30(24-28)41-44-39(26-12-5-3-6-13-26)43-40(45-41)27-14-7-4-8-15-27;1-41(2)33-13-7-6-12-29(33)31-21-22-32-30-20-19-28(24-35(30)46-37(32)36(31)41)25-15-17-27(18-16-25)39-43-38(26-10-4-3-5-11-26)44-40(45-39)34-14-8-9-23-42-34/h3-25H,1-2H3;3-24H,1-2H3. The van der Waals surface area contributed by atoms with Crippen molar-refractivity contribution in [3.8, 4) is 113 Å². The van der Waals surface area contributed by atoms with Crippen molar-refractivity contribution in [2.45, 2.75) is 38.5 Å². The first-order valence-electron chi connectivity index (χ1n) is 31.1. The van der Waals surface area contributed by atoms with Crippen molar-refractivity contribution in [2.24, 2.45) is 0 Å². The number of pyridine rings is 1. The Morgan fingerprint density at radius 1 is 0.261 bits per heavy atom. The summed E-state index contributed by atoms with van der Waals surface area (Å²) in [5.74, 6) is 3.69. The molecule has 16 aromatic rings. The van der Waals surface area contributed by atoms with Crippen LogP contribution in [0.5, 0.6) is 0 Å². The normalized spacial score (nSPS) is 13.2. The van der Waals surface area contributed by atoms with E-state index in [1.165, 1.54) is 44.5 Å². The molecule has 0 saturated heterocycles. The Hall–Kier alpha value is -11.8. The summed E-state index contributed by atoms with van der Waals surface area (Å²) in [5, 5.41) is 4.57. The fourth-order valence-electron chi connectivity index (χ4n) is 13.9. The van der Waals surface area contributed by atoms with Crippen LogP contribution in [0.3, 0.4) is 0 Å². The summed E-state index contributed by atoms with van der Waals surface area (Å²) in [6.07, 6.45) is 1.75. The van der Waals surface area contributed by atoms with Crippen LogP contribution in [0.2, 0.25) is 0 Å². The van der Waals surface area contributed by atoms with Gasteiger partial charge in [0.2, 0.25) is 0 Å². The highest BCUT2D eigenvalue weighted by molar-refractivity contribution is 6.11. The second kappa shape index (κ2) is 21.5. The zero-order valence-corrected chi connectivity index (χ0v) is 50.9. The van der Waals surface area contributed by atoms with Crippen molar-refractivity contribution < 1.29 is 8.83 Å². The van der Waals surface area contributed by atoms with Crippen LogP contribution in [0.4, 0.5) is 0 Å². The molecular formula is C83H57N7O2. The molecule has 0 bridgehead atoms. The lowest BCUT2D eigenvalue weighted by Crippen LogP contribution is -2.15. The molecule has 0 fully saturated rings. The molecule has 2 aliphatic carbocycles. The Labute approximate surface area is 531 Å². The number of rotatable bonds is 8. The summed E-state index contributed by atoms with van der Waals surface area (Å²) in [4.78, 5) is 33.6. The average Bonchev–Trinajstić information content (AvgIpc) is 1.56. The van der Waals surface area contributed by atoms with Gasteiger partial charge in [-0.05, 0) is 110 Å². The lowest BCUT2D eigenvalue weighted by Gasteiger charge is -2.21. The van der Waals surface area contributed by atoms with Gasteiger partial charge in [0.1, 0.15) is 28.0 Å². The number of hydrogen-bond donors (Lipinski definition) is 0. The summed E-state index contributed by atoms with van der Waals surface area (Å²) in [7, 11) is 0. The highest BCUT2D eigenvalue weighted by Gasteiger charge is 2.40. The molecule has 436 valence electrons. The van der Waals surface area contributed by atoms with E-state index in [4.69, 9.17) is 38.7 Å².